The van der Waals surface area contributed by atoms with Gasteiger partial charge in [-0.3, -0.25) is 9.59 Å². The molecule has 0 saturated heterocycles. The fourth-order valence-electron chi connectivity index (χ4n) is 2.05. The Morgan fingerprint density at radius 3 is 2.79 bits per heavy atom. The number of carbonyl (C=O) groups excluding carboxylic acids is 2. The summed E-state index contributed by atoms with van der Waals surface area (Å²) in [6.45, 7) is 0.243. The van der Waals surface area contributed by atoms with E-state index in [1.807, 2.05) is 0 Å². The molecule has 0 aliphatic carbocycles. The Hall–Kier alpha value is -2.64. The van der Waals surface area contributed by atoms with Crippen LogP contribution in [0.4, 0.5) is 0 Å². The van der Waals surface area contributed by atoms with Gasteiger partial charge in [-0.1, -0.05) is 28.9 Å². The molecule has 1 aromatic carbocycles. The van der Waals surface area contributed by atoms with Crippen LogP contribution >= 0.6 is 22.9 Å². The fraction of sp³-hybridized carbons (Fsp3) is 0.0625. The van der Waals surface area contributed by atoms with Crippen molar-refractivity contribution in [3.05, 3.63) is 63.6 Å². The van der Waals surface area contributed by atoms with E-state index in [0.29, 0.717) is 15.7 Å². The summed E-state index contributed by atoms with van der Waals surface area (Å²) in [5.74, 6) is -0.413. The Bertz CT molecular complexity index is 903. The number of benzene rings is 1. The molecule has 0 unspecified atom stereocenters. The highest BCUT2D eigenvalue weighted by Crippen LogP contribution is 2.31. The molecule has 3 rings (SSSR count). The third-order valence-corrected chi connectivity index (χ3v) is 4.47. The van der Waals surface area contributed by atoms with Gasteiger partial charge in [0.2, 0.25) is 5.91 Å². The molecule has 122 valence electrons. The van der Waals surface area contributed by atoms with Crippen molar-refractivity contribution in [2.24, 2.45) is 5.73 Å². The Balaban J connectivity index is 1.66. The highest BCUT2D eigenvalue weighted by atomic mass is 35.5. The van der Waals surface area contributed by atoms with E-state index in [9.17, 15) is 9.59 Å². The topological polar surface area (TPSA) is 98.2 Å². The van der Waals surface area contributed by atoms with Crippen molar-refractivity contribution in [2.75, 3.05) is 0 Å². The minimum Gasteiger partial charge on any atom is -0.366 e. The van der Waals surface area contributed by atoms with Crippen molar-refractivity contribution >= 4 is 34.8 Å². The van der Waals surface area contributed by atoms with Crippen molar-refractivity contribution in [1.82, 2.24) is 10.5 Å². The summed E-state index contributed by atoms with van der Waals surface area (Å²) >= 11 is 7.21. The molecule has 2 heterocycles. The predicted molar refractivity (Wildman–Crippen MR) is 91.0 cm³/mol. The van der Waals surface area contributed by atoms with Gasteiger partial charge in [-0.2, -0.15) is 0 Å². The van der Waals surface area contributed by atoms with E-state index >= 15 is 0 Å². The molecule has 0 spiro atoms. The molecule has 3 N–H and O–H groups in total. The van der Waals surface area contributed by atoms with E-state index in [1.54, 1.807) is 42.5 Å². The van der Waals surface area contributed by atoms with E-state index < -0.39 is 5.91 Å². The van der Waals surface area contributed by atoms with Gasteiger partial charge in [0.05, 0.1) is 9.21 Å². The van der Waals surface area contributed by atoms with Gasteiger partial charge in [-0.25, -0.2) is 0 Å². The SMILES string of the molecule is NC(=O)c1cccc(CNC(=O)c2cc(-c3ccc(Cl)s3)on2)c1. The first-order valence-corrected chi connectivity index (χ1v) is 8.12. The molecular formula is C16H12ClN3O3S. The second kappa shape index (κ2) is 6.86. The number of hydrogen-bond acceptors (Lipinski definition) is 5. The molecule has 2 aromatic heterocycles. The first kappa shape index (κ1) is 16.2. The summed E-state index contributed by atoms with van der Waals surface area (Å²) in [6, 6.07) is 11.8. The van der Waals surface area contributed by atoms with Crippen LogP contribution in [-0.2, 0) is 6.54 Å². The molecule has 0 fully saturated rings. The zero-order valence-corrected chi connectivity index (χ0v) is 13.9. The Kier molecular flexibility index (Phi) is 4.64. The smallest absolute Gasteiger partial charge is 0.273 e. The second-order valence-electron chi connectivity index (χ2n) is 4.93. The molecule has 0 radical (unpaired) electrons. The quantitative estimate of drug-likeness (QED) is 0.729. The van der Waals surface area contributed by atoms with Gasteiger partial charge >= 0.3 is 0 Å². The van der Waals surface area contributed by atoms with E-state index in [2.05, 4.69) is 10.5 Å². The minimum atomic E-state index is -0.515. The normalized spacial score (nSPS) is 10.5. The molecule has 3 aromatic rings. The number of aromatic nitrogens is 1. The van der Waals surface area contributed by atoms with Crippen LogP contribution < -0.4 is 11.1 Å². The molecule has 8 heteroatoms. The van der Waals surface area contributed by atoms with Gasteiger partial charge in [-0.15, -0.1) is 11.3 Å². The molecule has 0 aliphatic rings. The maximum atomic E-state index is 12.1. The molecule has 6 nitrogen and oxygen atoms in total. The van der Waals surface area contributed by atoms with E-state index in [0.717, 1.165) is 10.4 Å². The highest BCUT2D eigenvalue weighted by molar-refractivity contribution is 7.19. The van der Waals surface area contributed by atoms with Gasteiger partial charge in [0, 0.05) is 18.2 Å². The van der Waals surface area contributed by atoms with Gasteiger partial charge in [-0.05, 0) is 29.8 Å². The van der Waals surface area contributed by atoms with Crippen LogP contribution in [0, 0.1) is 0 Å². The molecular weight excluding hydrogens is 350 g/mol. The lowest BCUT2D eigenvalue weighted by Gasteiger charge is -2.04. The van der Waals surface area contributed by atoms with E-state index in [4.69, 9.17) is 21.9 Å². The van der Waals surface area contributed by atoms with Gasteiger partial charge in [0.1, 0.15) is 0 Å². The maximum Gasteiger partial charge on any atom is 0.273 e. The lowest BCUT2D eigenvalue weighted by Crippen LogP contribution is -2.23. The van der Waals surface area contributed by atoms with Crippen molar-refractivity contribution in [2.45, 2.75) is 6.54 Å². The third-order valence-electron chi connectivity index (χ3n) is 3.22. The highest BCUT2D eigenvalue weighted by Gasteiger charge is 2.15. The number of nitrogens with two attached hydrogens (primary N) is 1. The average molecular weight is 362 g/mol. The number of nitrogens with zero attached hydrogens (tertiary/aromatic N) is 1. The largest absolute Gasteiger partial charge is 0.366 e. The lowest BCUT2D eigenvalue weighted by atomic mass is 10.1. The van der Waals surface area contributed by atoms with Crippen LogP contribution in [0.5, 0.6) is 0 Å². The number of primary amides is 1. The number of nitrogens with one attached hydrogen (secondary N) is 1. The van der Waals surface area contributed by atoms with Gasteiger partial charge < -0.3 is 15.6 Å². The molecule has 0 saturated carbocycles. The summed E-state index contributed by atoms with van der Waals surface area (Å²) in [5.41, 5.74) is 6.55. The van der Waals surface area contributed by atoms with Crippen molar-refractivity contribution in [3.63, 3.8) is 0 Å². The predicted octanol–water partition coefficient (Wildman–Crippen LogP) is 3.09. The first-order valence-electron chi connectivity index (χ1n) is 6.92. The summed E-state index contributed by atoms with van der Waals surface area (Å²) in [5, 5.41) is 6.48. The van der Waals surface area contributed by atoms with Crippen LogP contribution in [0.25, 0.3) is 10.6 Å². The van der Waals surface area contributed by atoms with E-state index in [-0.39, 0.29) is 18.1 Å². The third kappa shape index (κ3) is 3.64. The summed E-state index contributed by atoms with van der Waals surface area (Å²) in [7, 11) is 0. The molecule has 2 amide bonds. The van der Waals surface area contributed by atoms with Gasteiger partial charge in [0.15, 0.2) is 11.5 Å². The number of halogens is 1. The Morgan fingerprint density at radius 1 is 1.25 bits per heavy atom. The van der Waals surface area contributed by atoms with Crippen LogP contribution in [-0.4, -0.2) is 17.0 Å². The van der Waals surface area contributed by atoms with Crippen molar-refractivity contribution < 1.29 is 14.1 Å². The Morgan fingerprint density at radius 2 is 2.08 bits per heavy atom. The number of amides is 2. The zero-order valence-electron chi connectivity index (χ0n) is 12.3. The van der Waals surface area contributed by atoms with Crippen LogP contribution in [0.15, 0.2) is 47.0 Å². The molecule has 24 heavy (non-hydrogen) atoms. The maximum absolute atomic E-state index is 12.1. The lowest BCUT2D eigenvalue weighted by molar-refractivity contribution is 0.0941. The Labute approximate surface area is 146 Å². The fourth-order valence-corrected chi connectivity index (χ4v) is 3.04. The van der Waals surface area contributed by atoms with Crippen molar-refractivity contribution in [3.8, 4) is 10.6 Å². The standard InChI is InChI=1S/C16H12ClN3O3S/c17-14-5-4-13(24-14)12-7-11(20-23-12)16(22)19-8-9-2-1-3-10(6-9)15(18)21/h1-7H,8H2,(H2,18,21)(H,19,22). The minimum absolute atomic E-state index is 0.167. The first-order chi connectivity index (χ1) is 11.5. The monoisotopic (exact) mass is 361 g/mol. The second-order valence-corrected chi connectivity index (χ2v) is 6.64. The molecule has 0 aliphatic heterocycles. The number of carbonyl (C=O) groups is 2. The number of rotatable bonds is 5. The summed E-state index contributed by atoms with van der Waals surface area (Å²) in [4.78, 5) is 24.1. The van der Waals surface area contributed by atoms with E-state index in [1.165, 1.54) is 11.3 Å². The number of hydrogen-bond donors (Lipinski definition) is 2. The summed E-state index contributed by atoms with van der Waals surface area (Å²) in [6.07, 6.45) is 0. The average Bonchev–Trinajstić information content (AvgIpc) is 3.21. The van der Waals surface area contributed by atoms with Crippen LogP contribution in [0.2, 0.25) is 4.34 Å². The van der Waals surface area contributed by atoms with Gasteiger partial charge in [0.25, 0.3) is 5.91 Å². The van der Waals surface area contributed by atoms with Crippen molar-refractivity contribution in [1.29, 1.82) is 0 Å². The zero-order chi connectivity index (χ0) is 17.1. The molecule has 0 bridgehead atoms. The number of thiophene rings is 1. The summed E-state index contributed by atoms with van der Waals surface area (Å²) < 4.78 is 5.79. The van der Waals surface area contributed by atoms with Crippen LogP contribution in [0.1, 0.15) is 26.4 Å². The van der Waals surface area contributed by atoms with Crippen LogP contribution in [0.3, 0.4) is 0 Å². The molecule has 0 atom stereocenters.